The third kappa shape index (κ3) is 3.17. The van der Waals surface area contributed by atoms with Crippen molar-refractivity contribution in [2.75, 3.05) is 37.4 Å². The molecule has 0 atom stereocenters. The van der Waals surface area contributed by atoms with Crippen LogP contribution in [0.4, 0.5) is 11.4 Å². The van der Waals surface area contributed by atoms with Crippen molar-refractivity contribution in [1.29, 1.82) is 0 Å². The van der Waals surface area contributed by atoms with Crippen molar-refractivity contribution in [3.8, 4) is 0 Å². The molecule has 1 fully saturated rings. The van der Waals surface area contributed by atoms with Gasteiger partial charge < -0.3 is 21.1 Å². The minimum absolute atomic E-state index is 0.447. The molecule has 0 radical (unpaired) electrons. The van der Waals surface area contributed by atoms with Gasteiger partial charge in [-0.2, -0.15) is 0 Å². The Balaban J connectivity index is 2.05. The van der Waals surface area contributed by atoms with E-state index in [9.17, 15) is 4.79 Å². The second-order valence-electron chi connectivity index (χ2n) is 5.02. The summed E-state index contributed by atoms with van der Waals surface area (Å²) in [5.74, 6) is 0.185. The number of methoxy groups -OCH3 is 1. The van der Waals surface area contributed by atoms with Crippen LogP contribution in [0.1, 0.15) is 23.2 Å². The van der Waals surface area contributed by atoms with Gasteiger partial charge in [0, 0.05) is 32.4 Å². The number of nitrogen functional groups attached to an aromatic ring is 1. The summed E-state index contributed by atoms with van der Waals surface area (Å²) in [4.78, 5) is 13.4. The van der Waals surface area contributed by atoms with Crippen LogP contribution in [0.3, 0.4) is 0 Å². The summed E-state index contributed by atoms with van der Waals surface area (Å²) < 4.78 is 5.19. The Kier molecular flexibility index (Phi) is 4.27. The molecule has 104 valence electrons. The van der Waals surface area contributed by atoms with Crippen LogP contribution in [-0.4, -0.2) is 32.7 Å². The molecule has 0 saturated carbocycles. The minimum Gasteiger partial charge on any atom is -0.397 e. The van der Waals surface area contributed by atoms with E-state index in [1.807, 2.05) is 6.07 Å². The summed E-state index contributed by atoms with van der Waals surface area (Å²) in [5, 5.41) is 0. The summed E-state index contributed by atoms with van der Waals surface area (Å²) in [6.45, 7) is 2.76. The van der Waals surface area contributed by atoms with E-state index in [4.69, 9.17) is 16.2 Å². The van der Waals surface area contributed by atoms with E-state index in [-0.39, 0.29) is 0 Å². The molecule has 0 aliphatic carbocycles. The number of primary amides is 1. The summed E-state index contributed by atoms with van der Waals surface area (Å²) in [5.41, 5.74) is 13.3. The van der Waals surface area contributed by atoms with Crippen LogP contribution in [0.2, 0.25) is 0 Å². The molecule has 0 bridgehead atoms. The van der Waals surface area contributed by atoms with Crippen LogP contribution in [0.15, 0.2) is 18.2 Å². The Labute approximate surface area is 113 Å². The van der Waals surface area contributed by atoms with Crippen molar-refractivity contribution < 1.29 is 9.53 Å². The van der Waals surface area contributed by atoms with E-state index in [0.29, 0.717) is 17.2 Å². The number of nitrogens with two attached hydrogens (primary N) is 2. The minimum atomic E-state index is -0.447. The number of carbonyl (C=O) groups excluding carboxylic acids is 1. The molecule has 1 aliphatic rings. The fraction of sp³-hybridized carbons (Fsp3) is 0.500. The van der Waals surface area contributed by atoms with Crippen molar-refractivity contribution in [3.63, 3.8) is 0 Å². The molecule has 1 aromatic carbocycles. The lowest BCUT2D eigenvalue weighted by atomic mass is 9.97. The van der Waals surface area contributed by atoms with Crippen LogP contribution in [0, 0.1) is 5.92 Å². The van der Waals surface area contributed by atoms with Gasteiger partial charge in [-0.05, 0) is 37.0 Å². The largest absolute Gasteiger partial charge is 0.397 e. The van der Waals surface area contributed by atoms with Crippen molar-refractivity contribution in [3.05, 3.63) is 23.8 Å². The van der Waals surface area contributed by atoms with Gasteiger partial charge in [-0.25, -0.2) is 0 Å². The molecule has 5 nitrogen and oxygen atoms in total. The van der Waals surface area contributed by atoms with Gasteiger partial charge in [-0.15, -0.1) is 0 Å². The first kappa shape index (κ1) is 13.7. The van der Waals surface area contributed by atoms with Gasteiger partial charge in [0.05, 0.1) is 11.4 Å². The van der Waals surface area contributed by atoms with Crippen molar-refractivity contribution in [2.45, 2.75) is 12.8 Å². The summed E-state index contributed by atoms with van der Waals surface area (Å²) in [6, 6.07) is 5.26. The van der Waals surface area contributed by atoms with Crippen LogP contribution in [-0.2, 0) is 4.74 Å². The highest BCUT2D eigenvalue weighted by Crippen LogP contribution is 2.28. The molecule has 1 heterocycles. The molecule has 1 aliphatic heterocycles. The first-order valence-electron chi connectivity index (χ1n) is 6.55. The number of piperidine rings is 1. The van der Waals surface area contributed by atoms with Gasteiger partial charge in [-0.3, -0.25) is 4.79 Å². The highest BCUT2D eigenvalue weighted by atomic mass is 16.5. The summed E-state index contributed by atoms with van der Waals surface area (Å²) >= 11 is 0. The smallest absolute Gasteiger partial charge is 0.248 e. The lowest BCUT2D eigenvalue weighted by Crippen LogP contribution is -2.35. The van der Waals surface area contributed by atoms with Crippen molar-refractivity contribution in [1.82, 2.24) is 0 Å². The SMILES string of the molecule is COCC1CCN(c2ccc(C(N)=O)cc2N)CC1. The highest BCUT2D eigenvalue weighted by Gasteiger charge is 2.20. The van der Waals surface area contributed by atoms with Crippen LogP contribution < -0.4 is 16.4 Å². The topological polar surface area (TPSA) is 81.6 Å². The zero-order valence-corrected chi connectivity index (χ0v) is 11.3. The molecule has 1 aromatic rings. The number of benzene rings is 1. The van der Waals surface area contributed by atoms with Crippen LogP contribution in [0.5, 0.6) is 0 Å². The van der Waals surface area contributed by atoms with E-state index in [1.54, 1.807) is 19.2 Å². The Morgan fingerprint density at radius 3 is 2.63 bits per heavy atom. The number of nitrogens with zero attached hydrogens (tertiary/aromatic N) is 1. The molecule has 0 aromatic heterocycles. The number of hydrogen-bond donors (Lipinski definition) is 2. The standard InChI is InChI=1S/C14H21N3O2/c1-19-9-10-4-6-17(7-5-10)13-3-2-11(14(16)18)8-12(13)15/h2-3,8,10H,4-7,9,15H2,1H3,(H2,16,18). The quantitative estimate of drug-likeness (QED) is 0.801. The second-order valence-corrected chi connectivity index (χ2v) is 5.02. The third-order valence-electron chi connectivity index (χ3n) is 3.67. The molecule has 4 N–H and O–H groups in total. The van der Waals surface area contributed by atoms with Gasteiger partial charge >= 0.3 is 0 Å². The zero-order chi connectivity index (χ0) is 13.8. The Morgan fingerprint density at radius 1 is 1.42 bits per heavy atom. The number of amides is 1. The monoisotopic (exact) mass is 263 g/mol. The number of rotatable bonds is 4. The predicted molar refractivity (Wildman–Crippen MR) is 76.2 cm³/mol. The predicted octanol–water partition coefficient (Wildman–Crippen LogP) is 1.23. The Morgan fingerprint density at radius 2 is 2.11 bits per heavy atom. The first-order valence-corrected chi connectivity index (χ1v) is 6.55. The fourth-order valence-electron chi connectivity index (χ4n) is 2.57. The summed E-state index contributed by atoms with van der Waals surface area (Å²) in [7, 11) is 1.74. The van der Waals surface area contributed by atoms with Crippen molar-refractivity contribution >= 4 is 17.3 Å². The molecule has 0 unspecified atom stereocenters. The van der Waals surface area contributed by atoms with Gasteiger partial charge in [0.15, 0.2) is 0 Å². The van der Waals surface area contributed by atoms with Gasteiger partial charge in [0.2, 0.25) is 5.91 Å². The van der Waals surface area contributed by atoms with Gasteiger partial charge in [0.25, 0.3) is 0 Å². The lowest BCUT2D eigenvalue weighted by molar-refractivity contribution is 0.100. The number of carbonyl (C=O) groups is 1. The van der Waals surface area contributed by atoms with E-state index in [0.717, 1.165) is 38.2 Å². The van der Waals surface area contributed by atoms with Crippen molar-refractivity contribution in [2.24, 2.45) is 11.7 Å². The van der Waals surface area contributed by atoms with Crippen LogP contribution >= 0.6 is 0 Å². The molecule has 1 amide bonds. The Bertz CT molecular complexity index is 454. The molecule has 0 spiro atoms. The Hall–Kier alpha value is -1.75. The molecule has 5 heteroatoms. The highest BCUT2D eigenvalue weighted by molar-refractivity contribution is 5.94. The average Bonchev–Trinajstić information content (AvgIpc) is 2.40. The van der Waals surface area contributed by atoms with Gasteiger partial charge in [-0.1, -0.05) is 0 Å². The molecule has 1 saturated heterocycles. The maximum Gasteiger partial charge on any atom is 0.248 e. The van der Waals surface area contributed by atoms with E-state index in [2.05, 4.69) is 4.90 Å². The van der Waals surface area contributed by atoms with Gasteiger partial charge in [0.1, 0.15) is 0 Å². The average molecular weight is 263 g/mol. The van der Waals surface area contributed by atoms with Crippen LogP contribution in [0.25, 0.3) is 0 Å². The van der Waals surface area contributed by atoms with E-state index in [1.165, 1.54) is 0 Å². The molecule has 2 rings (SSSR count). The third-order valence-corrected chi connectivity index (χ3v) is 3.67. The fourth-order valence-corrected chi connectivity index (χ4v) is 2.57. The second kappa shape index (κ2) is 5.93. The normalized spacial score (nSPS) is 16.6. The van der Waals surface area contributed by atoms with E-state index < -0.39 is 5.91 Å². The lowest BCUT2D eigenvalue weighted by Gasteiger charge is -2.34. The number of ether oxygens (including phenoxy) is 1. The zero-order valence-electron chi connectivity index (χ0n) is 11.3. The first-order chi connectivity index (χ1) is 9.11. The van der Waals surface area contributed by atoms with E-state index >= 15 is 0 Å². The molecule has 19 heavy (non-hydrogen) atoms. The maximum atomic E-state index is 11.1. The molecular weight excluding hydrogens is 242 g/mol. The summed E-state index contributed by atoms with van der Waals surface area (Å²) in [6.07, 6.45) is 2.20. The maximum absolute atomic E-state index is 11.1. The number of anilines is 2. The molecular formula is C14H21N3O2. The number of hydrogen-bond acceptors (Lipinski definition) is 4.